The summed E-state index contributed by atoms with van der Waals surface area (Å²) < 4.78 is 5.11. The zero-order chi connectivity index (χ0) is 13.0. The van der Waals surface area contributed by atoms with Crippen LogP contribution < -0.4 is 9.64 Å². The van der Waals surface area contributed by atoms with Gasteiger partial charge in [-0.05, 0) is 38.1 Å². The molecular formula is C14H21NO2. The zero-order valence-corrected chi connectivity index (χ0v) is 11.2. The number of carbonyl (C=O) groups is 1. The van der Waals surface area contributed by atoms with Gasteiger partial charge < -0.3 is 9.64 Å². The molecule has 0 aliphatic carbocycles. The summed E-state index contributed by atoms with van der Waals surface area (Å²) in [6, 6.07) is 7.73. The smallest absolute Gasteiger partial charge is 0.229 e. The highest BCUT2D eigenvalue weighted by Gasteiger charge is 2.21. The molecule has 0 N–H and O–H groups in total. The van der Waals surface area contributed by atoms with E-state index in [9.17, 15) is 4.79 Å². The van der Waals surface area contributed by atoms with E-state index in [0.29, 0.717) is 0 Å². The lowest BCUT2D eigenvalue weighted by Crippen LogP contribution is -2.39. The Bertz CT molecular complexity index is 368. The van der Waals surface area contributed by atoms with Crippen molar-refractivity contribution in [1.82, 2.24) is 0 Å². The minimum Gasteiger partial charge on any atom is -0.497 e. The summed E-state index contributed by atoms with van der Waals surface area (Å²) >= 11 is 0. The van der Waals surface area contributed by atoms with Crippen molar-refractivity contribution in [2.45, 2.75) is 33.7 Å². The number of benzene rings is 1. The molecule has 17 heavy (non-hydrogen) atoms. The summed E-state index contributed by atoms with van der Waals surface area (Å²) in [6.07, 6.45) is 0. The maximum Gasteiger partial charge on any atom is 0.229 e. The number of nitrogens with zero attached hydrogens (tertiary/aromatic N) is 1. The first-order chi connectivity index (χ1) is 7.97. The van der Waals surface area contributed by atoms with Gasteiger partial charge in [0.15, 0.2) is 0 Å². The Morgan fingerprint density at radius 2 is 1.65 bits per heavy atom. The lowest BCUT2D eigenvalue weighted by molar-refractivity contribution is -0.121. The Balaban J connectivity index is 3.01. The van der Waals surface area contributed by atoms with Crippen molar-refractivity contribution in [2.24, 2.45) is 5.92 Å². The van der Waals surface area contributed by atoms with Crippen molar-refractivity contribution < 1.29 is 9.53 Å². The number of hydrogen-bond donors (Lipinski definition) is 0. The van der Waals surface area contributed by atoms with Crippen molar-refractivity contribution in [1.29, 1.82) is 0 Å². The standard InChI is InChI=1S/C14H21NO2/c1-10(2)14(16)15(11(3)4)12-6-8-13(17-5)9-7-12/h6-11H,1-5H3. The first-order valence-electron chi connectivity index (χ1n) is 5.94. The monoisotopic (exact) mass is 235 g/mol. The van der Waals surface area contributed by atoms with E-state index in [1.165, 1.54) is 0 Å². The van der Waals surface area contributed by atoms with Crippen LogP contribution in [-0.2, 0) is 4.79 Å². The van der Waals surface area contributed by atoms with E-state index in [4.69, 9.17) is 4.74 Å². The van der Waals surface area contributed by atoms with Gasteiger partial charge in [-0.1, -0.05) is 13.8 Å². The first kappa shape index (κ1) is 13.6. The van der Waals surface area contributed by atoms with Crippen LogP contribution in [0.15, 0.2) is 24.3 Å². The minimum absolute atomic E-state index is 0.000461. The van der Waals surface area contributed by atoms with Gasteiger partial charge in [0.05, 0.1) is 7.11 Å². The van der Waals surface area contributed by atoms with E-state index >= 15 is 0 Å². The fourth-order valence-electron chi connectivity index (χ4n) is 1.70. The lowest BCUT2D eigenvalue weighted by atomic mass is 10.1. The molecule has 94 valence electrons. The molecule has 0 heterocycles. The van der Waals surface area contributed by atoms with E-state index in [0.717, 1.165) is 11.4 Å². The van der Waals surface area contributed by atoms with Gasteiger partial charge in [0.1, 0.15) is 5.75 Å². The lowest BCUT2D eigenvalue weighted by Gasteiger charge is -2.28. The number of hydrogen-bond acceptors (Lipinski definition) is 2. The molecule has 0 spiro atoms. The fraction of sp³-hybridized carbons (Fsp3) is 0.500. The normalized spacial score (nSPS) is 10.8. The second-order valence-electron chi connectivity index (χ2n) is 4.65. The van der Waals surface area contributed by atoms with Gasteiger partial charge in [-0.2, -0.15) is 0 Å². The van der Waals surface area contributed by atoms with E-state index in [1.54, 1.807) is 7.11 Å². The second-order valence-corrected chi connectivity index (χ2v) is 4.65. The number of amides is 1. The van der Waals surface area contributed by atoms with Gasteiger partial charge in [0.25, 0.3) is 0 Å². The van der Waals surface area contributed by atoms with Gasteiger partial charge in [-0.15, -0.1) is 0 Å². The van der Waals surface area contributed by atoms with Crippen LogP contribution in [0.1, 0.15) is 27.7 Å². The Morgan fingerprint density at radius 1 is 1.12 bits per heavy atom. The van der Waals surface area contributed by atoms with Crippen molar-refractivity contribution >= 4 is 11.6 Å². The average Bonchev–Trinajstić information content (AvgIpc) is 2.29. The first-order valence-corrected chi connectivity index (χ1v) is 5.94. The molecule has 0 unspecified atom stereocenters. The molecule has 0 saturated heterocycles. The molecule has 0 fully saturated rings. The predicted molar refractivity (Wildman–Crippen MR) is 70.5 cm³/mol. The van der Waals surface area contributed by atoms with Gasteiger partial charge in [-0.3, -0.25) is 4.79 Å². The van der Waals surface area contributed by atoms with Gasteiger partial charge in [-0.25, -0.2) is 0 Å². The molecule has 0 aliphatic rings. The van der Waals surface area contributed by atoms with E-state index in [1.807, 2.05) is 56.9 Å². The van der Waals surface area contributed by atoms with Crippen LogP contribution in [0.5, 0.6) is 5.75 Å². The van der Waals surface area contributed by atoms with Crippen molar-refractivity contribution in [3.8, 4) is 5.75 Å². The summed E-state index contributed by atoms with van der Waals surface area (Å²) in [4.78, 5) is 14.0. The molecule has 1 amide bonds. The molecule has 3 nitrogen and oxygen atoms in total. The van der Waals surface area contributed by atoms with Crippen LogP contribution in [0.25, 0.3) is 0 Å². The molecule has 0 aromatic heterocycles. The summed E-state index contributed by atoms with van der Waals surface area (Å²) in [5.74, 6) is 0.944. The van der Waals surface area contributed by atoms with Gasteiger partial charge in [0.2, 0.25) is 5.91 Å². The molecule has 0 bridgehead atoms. The summed E-state index contributed by atoms with van der Waals surface area (Å²) in [5, 5.41) is 0. The van der Waals surface area contributed by atoms with Crippen LogP contribution in [0.2, 0.25) is 0 Å². The molecular weight excluding hydrogens is 214 g/mol. The average molecular weight is 235 g/mol. The third kappa shape index (κ3) is 3.22. The largest absolute Gasteiger partial charge is 0.497 e. The van der Waals surface area contributed by atoms with Gasteiger partial charge in [0, 0.05) is 17.6 Å². The summed E-state index contributed by atoms with van der Waals surface area (Å²) in [7, 11) is 1.63. The van der Waals surface area contributed by atoms with Crippen LogP contribution in [-0.4, -0.2) is 19.1 Å². The van der Waals surface area contributed by atoms with E-state index in [-0.39, 0.29) is 17.9 Å². The molecule has 1 aromatic rings. The van der Waals surface area contributed by atoms with Crippen LogP contribution in [0.3, 0.4) is 0 Å². The SMILES string of the molecule is COc1ccc(N(C(=O)C(C)C)C(C)C)cc1. The Kier molecular flexibility index (Phi) is 4.55. The third-order valence-corrected chi connectivity index (χ3v) is 2.60. The molecule has 1 rings (SSSR count). The highest BCUT2D eigenvalue weighted by Crippen LogP contribution is 2.22. The third-order valence-electron chi connectivity index (χ3n) is 2.60. The van der Waals surface area contributed by atoms with Crippen LogP contribution >= 0.6 is 0 Å². The molecule has 3 heteroatoms. The Morgan fingerprint density at radius 3 is 2.00 bits per heavy atom. The Hall–Kier alpha value is -1.51. The highest BCUT2D eigenvalue weighted by molar-refractivity contribution is 5.95. The maximum atomic E-state index is 12.1. The van der Waals surface area contributed by atoms with Crippen LogP contribution in [0, 0.1) is 5.92 Å². The van der Waals surface area contributed by atoms with Crippen molar-refractivity contribution in [2.75, 3.05) is 12.0 Å². The summed E-state index contributed by atoms with van der Waals surface area (Å²) in [5.41, 5.74) is 0.916. The highest BCUT2D eigenvalue weighted by atomic mass is 16.5. The molecule has 0 atom stereocenters. The maximum absolute atomic E-state index is 12.1. The number of anilines is 1. The quantitative estimate of drug-likeness (QED) is 0.802. The number of ether oxygens (including phenoxy) is 1. The van der Waals surface area contributed by atoms with E-state index < -0.39 is 0 Å². The topological polar surface area (TPSA) is 29.5 Å². The fourth-order valence-corrected chi connectivity index (χ4v) is 1.70. The molecule has 1 aromatic carbocycles. The second kappa shape index (κ2) is 5.71. The van der Waals surface area contributed by atoms with Gasteiger partial charge >= 0.3 is 0 Å². The molecule has 0 saturated carbocycles. The number of rotatable bonds is 4. The molecule has 0 aliphatic heterocycles. The number of carbonyl (C=O) groups excluding carboxylic acids is 1. The summed E-state index contributed by atoms with van der Waals surface area (Å²) in [6.45, 7) is 7.87. The molecule has 0 radical (unpaired) electrons. The zero-order valence-electron chi connectivity index (χ0n) is 11.2. The minimum atomic E-state index is -0.000461. The predicted octanol–water partition coefficient (Wildman–Crippen LogP) is 3.09. The Labute approximate surface area is 103 Å². The van der Waals surface area contributed by atoms with E-state index in [2.05, 4.69) is 0 Å². The van der Waals surface area contributed by atoms with Crippen molar-refractivity contribution in [3.05, 3.63) is 24.3 Å². The van der Waals surface area contributed by atoms with Crippen LogP contribution in [0.4, 0.5) is 5.69 Å². The van der Waals surface area contributed by atoms with Crippen molar-refractivity contribution in [3.63, 3.8) is 0 Å². The number of methoxy groups -OCH3 is 1.